The number of carbonyl (C=O) groups excluding carboxylic acids is 1. The number of aromatic amines is 2. The highest BCUT2D eigenvalue weighted by Crippen LogP contribution is 2.29. The zero-order chi connectivity index (χ0) is 14.8. The van der Waals surface area contributed by atoms with Crippen molar-refractivity contribution in [2.45, 2.75) is 25.7 Å². The monoisotopic (exact) mass is 288 g/mol. The van der Waals surface area contributed by atoms with Crippen LogP contribution in [0.2, 0.25) is 0 Å². The van der Waals surface area contributed by atoms with Crippen molar-refractivity contribution in [2.75, 3.05) is 11.9 Å². The van der Waals surface area contributed by atoms with E-state index in [0.29, 0.717) is 23.7 Å². The average molecular weight is 288 g/mol. The van der Waals surface area contributed by atoms with Gasteiger partial charge < -0.3 is 21.0 Å². The van der Waals surface area contributed by atoms with Crippen LogP contribution in [-0.2, 0) is 4.79 Å². The zero-order valence-electron chi connectivity index (χ0n) is 11.8. The van der Waals surface area contributed by atoms with E-state index in [1.165, 1.54) is 0 Å². The fourth-order valence-corrected chi connectivity index (χ4v) is 3.01. The van der Waals surface area contributed by atoms with Gasteiger partial charge in [0.1, 0.15) is 0 Å². The van der Waals surface area contributed by atoms with Crippen LogP contribution in [0, 0.1) is 11.8 Å². The molecule has 0 unspecified atom stereocenters. The molecule has 0 saturated heterocycles. The van der Waals surface area contributed by atoms with E-state index >= 15 is 0 Å². The molecule has 5 N–H and O–H groups in total. The second-order valence-electron chi connectivity index (χ2n) is 5.78. The van der Waals surface area contributed by atoms with E-state index in [9.17, 15) is 9.59 Å². The summed E-state index contributed by atoms with van der Waals surface area (Å²) >= 11 is 0. The van der Waals surface area contributed by atoms with Gasteiger partial charge in [-0.1, -0.05) is 0 Å². The van der Waals surface area contributed by atoms with Crippen molar-refractivity contribution < 1.29 is 4.79 Å². The van der Waals surface area contributed by atoms with Gasteiger partial charge in [-0.05, 0) is 56.3 Å². The molecule has 0 aliphatic heterocycles. The number of fused-ring (bicyclic) bond motifs is 1. The molecule has 21 heavy (non-hydrogen) atoms. The molecule has 1 aliphatic carbocycles. The highest BCUT2D eigenvalue weighted by atomic mass is 16.2. The molecule has 112 valence electrons. The first-order valence-electron chi connectivity index (χ1n) is 7.38. The number of H-pyrrole nitrogens is 2. The number of aromatic nitrogens is 2. The van der Waals surface area contributed by atoms with Crippen molar-refractivity contribution in [1.82, 2.24) is 9.97 Å². The number of amides is 1. The molecule has 6 nitrogen and oxygen atoms in total. The van der Waals surface area contributed by atoms with E-state index in [4.69, 9.17) is 5.73 Å². The lowest BCUT2D eigenvalue weighted by molar-refractivity contribution is -0.121. The molecule has 1 saturated carbocycles. The lowest BCUT2D eigenvalue weighted by atomic mass is 9.81. The second kappa shape index (κ2) is 5.73. The Balaban J connectivity index is 1.67. The largest absolute Gasteiger partial charge is 0.330 e. The molecule has 0 spiro atoms. The van der Waals surface area contributed by atoms with Gasteiger partial charge in [-0.15, -0.1) is 0 Å². The molecule has 3 rings (SSSR count). The van der Waals surface area contributed by atoms with Gasteiger partial charge in [0.15, 0.2) is 0 Å². The Kier molecular flexibility index (Phi) is 3.79. The van der Waals surface area contributed by atoms with Crippen molar-refractivity contribution in [1.29, 1.82) is 0 Å². The third-order valence-corrected chi connectivity index (χ3v) is 4.33. The van der Waals surface area contributed by atoms with Crippen LogP contribution in [0.15, 0.2) is 23.0 Å². The van der Waals surface area contributed by atoms with E-state index in [1.54, 1.807) is 18.2 Å². The fourth-order valence-electron chi connectivity index (χ4n) is 3.01. The summed E-state index contributed by atoms with van der Waals surface area (Å²) in [6.45, 7) is 0.714. The number of carbonyl (C=O) groups is 1. The molecular formula is C15H20N4O2. The first kappa shape index (κ1) is 13.9. The zero-order valence-corrected chi connectivity index (χ0v) is 11.8. The van der Waals surface area contributed by atoms with E-state index in [2.05, 4.69) is 15.3 Å². The summed E-state index contributed by atoms with van der Waals surface area (Å²) in [7, 11) is 0. The average Bonchev–Trinajstić information content (AvgIpc) is 2.86. The number of anilines is 1. The maximum atomic E-state index is 12.3. The predicted octanol–water partition coefficient (Wildman–Crippen LogP) is 1.56. The van der Waals surface area contributed by atoms with Crippen LogP contribution >= 0.6 is 0 Å². The second-order valence-corrected chi connectivity index (χ2v) is 5.78. The van der Waals surface area contributed by atoms with Crippen LogP contribution in [0.4, 0.5) is 5.69 Å². The summed E-state index contributed by atoms with van der Waals surface area (Å²) in [6, 6.07) is 5.36. The van der Waals surface area contributed by atoms with Gasteiger partial charge in [-0.25, -0.2) is 4.79 Å². The molecule has 1 amide bonds. The summed E-state index contributed by atoms with van der Waals surface area (Å²) in [5.74, 6) is 0.687. The molecule has 0 bridgehead atoms. The molecule has 1 aliphatic rings. The van der Waals surface area contributed by atoms with Crippen molar-refractivity contribution in [3.05, 3.63) is 28.7 Å². The molecular weight excluding hydrogens is 268 g/mol. The van der Waals surface area contributed by atoms with Crippen LogP contribution in [0.25, 0.3) is 11.0 Å². The van der Waals surface area contributed by atoms with E-state index < -0.39 is 0 Å². The summed E-state index contributed by atoms with van der Waals surface area (Å²) in [5, 5.41) is 2.94. The smallest absolute Gasteiger partial charge is 0.323 e. The summed E-state index contributed by atoms with van der Waals surface area (Å²) < 4.78 is 0. The summed E-state index contributed by atoms with van der Waals surface area (Å²) in [4.78, 5) is 28.9. The van der Waals surface area contributed by atoms with E-state index in [0.717, 1.165) is 31.2 Å². The number of rotatable bonds is 3. The molecule has 1 fully saturated rings. The first-order valence-corrected chi connectivity index (χ1v) is 7.38. The maximum absolute atomic E-state index is 12.3. The Morgan fingerprint density at radius 2 is 1.90 bits per heavy atom. The quantitative estimate of drug-likeness (QED) is 0.689. The van der Waals surface area contributed by atoms with Gasteiger partial charge in [0, 0.05) is 11.6 Å². The van der Waals surface area contributed by atoms with Crippen LogP contribution in [0.1, 0.15) is 25.7 Å². The molecule has 1 heterocycles. The molecule has 2 aromatic rings. The predicted molar refractivity (Wildman–Crippen MR) is 82.1 cm³/mol. The third kappa shape index (κ3) is 3.00. The minimum Gasteiger partial charge on any atom is -0.330 e. The molecule has 0 atom stereocenters. The van der Waals surface area contributed by atoms with Crippen molar-refractivity contribution in [2.24, 2.45) is 17.6 Å². The minimum atomic E-state index is -0.242. The Morgan fingerprint density at radius 1 is 1.19 bits per heavy atom. The van der Waals surface area contributed by atoms with Gasteiger partial charge in [-0.3, -0.25) is 4.79 Å². The Labute approximate surface area is 122 Å². The highest BCUT2D eigenvalue weighted by Gasteiger charge is 2.25. The number of nitrogens with one attached hydrogen (secondary N) is 3. The number of hydrogen-bond donors (Lipinski definition) is 4. The van der Waals surface area contributed by atoms with Crippen molar-refractivity contribution in [3.8, 4) is 0 Å². The topological polar surface area (TPSA) is 104 Å². The highest BCUT2D eigenvalue weighted by molar-refractivity contribution is 5.94. The minimum absolute atomic E-state index is 0.0581. The SMILES string of the molecule is NCC1CCC(C(=O)Nc2ccc3[nH]c(=O)[nH]c3c2)CC1. The van der Waals surface area contributed by atoms with Crippen LogP contribution in [0.3, 0.4) is 0 Å². The first-order chi connectivity index (χ1) is 10.2. The van der Waals surface area contributed by atoms with Gasteiger partial charge in [0.05, 0.1) is 11.0 Å². The fraction of sp³-hybridized carbons (Fsp3) is 0.467. The van der Waals surface area contributed by atoms with Gasteiger partial charge >= 0.3 is 5.69 Å². The lowest BCUT2D eigenvalue weighted by Crippen LogP contribution is -2.29. The van der Waals surface area contributed by atoms with Crippen LogP contribution in [0.5, 0.6) is 0 Å². The standard InChI is InChI=1S/C15H20N4O2/c16-8-9-1-3-10(4-2-9)14(20)17-11-5-6-12-13(7-11)19-15(21)18-12/h5-7,9-10H,1-4,8,16H2,(H,17,20)(H2,18,19,21). The summed E-state index contributed by atoms with van der Waals surface area (Å²) in [6.07, 6.45) is 3.85. The van der Waals surface area contributed by atoms with Crippen molar-refractivity contribution >= 4 is 22.6 Å². The van der Waals surface area contributed by atoms with Gasteiger partial charge in [0.25, 0.3) is 0 Å². The van der Waals surface area contributed by atoms with E-state index in [1.807, 2.05) is 0 Å². The van der Waals surface area contributed by atoms with Gasteiger partial charge in [-0.2, -0.15) is 0 Å². The Morgan fingerprint density at radius 3 is 2.62 bits per heavy atom. The molecule has 1 aromatic carbocycles. The van der Waals surface area contributed by atoms with Crippen LogP contribution < -0.4 is 16.7 Å². The summed E-state index contributed by atoms with van der Waals surface area (Å²) in [5.41, 5.74) is 7.58. The number of imidazole rings is 1. The Bertz CT molecular complexity index is 695. The third-order valence-electron chi connectivity index (χ3n) is 4.33. The number of benzene rings is 1. The lowest BCUT2D eigenvalue weighted by Gasteiger charge is -2.26. The van der Waals surface area contributed by atoms with Gasteiger partial charge in [0.2, 0.25) is 5.91 Å². The maximum Gasteiger partial charge on any atom is 0.323 e. The van der Waals surface area contributed by atoms with E-state index in [-0.39, 0.29) is 17.5 Å². The molecule has 6 heteroatoms. The Hall–Kier alpha value is -2.08. The van der Waals surface area contributed by atoms with Crippen LogP contribution in [-0.4, -0.2) is 22.4 Å². The normalized spacial score (nSPS) is 22.3. The number of hydrogen-bond acceptors (Lipinski definition) is 3. The van der Waals surface area contributed by atoms with Crippen molar-refractivity contribution in [3.63, 3.8) is 0 Å². The molecule has 1 aromatic heterocycles. The number of nitrogens with two attached hydrogens (primary N) is 1. The molecule has 0 radical (unpaired) electrons.